The van der Waals surface area contributed by atoms with Crippen LogP contribution in [0.2, 0.25) is 5.02 Å². The fourth-order valence-electron chi connectivity index (χ4n) is 4.68. The van der Waals surface area contributed by atoms with E-state index < -0.39 is 23.7 Å². The first-order valence-corrected chi connectivity index (χ1v) is 11.1. The summed E-state index contributed by atoms with van der Waals surface area (Å²) in [6.07, 6.45) is -4.15. The molecule has 34 heavy (non-hydrogen) atoms. The minimum absolute atomic E-state index is 0.258. The predicted octanol–water partition coefficient (Wildman–Crippen LogP) is 6.64. The molecular formula is C26H20ClF3N2O2. The summed E-state index contributed by atoms with van der Waals surface area (Å²) < 4.78 is 46.3. The number of halogens is 4. The third-order valence-corrected chi connectivity index (χ3v) is 6.48. The quantitative estimate of drug-likeness (QED) is 0.354. The molecule has 1 unspecified atom stereocenters. The van der Waals surface area contributed by atoms with E-state index in [0.29, 0.717) is 17.2 Å². The van der Waals surface area contributed by atoms with Crippen molar-refractivity contribution in [1.29, 1.82) is 0 Å². The lowest BCUT2D eigenvalue weighted by Crippen LogP contribution is -2.41. The Kier molecular flexibility index (Phi) is 5.52. The molecule has 1 aliphatic heterocycles. The molecule has 3 aromatic carbocycles. The maximum absolute atomic E-state index is 13.7. The van der Waals surface area contributed by atoms with Crippen LogP contribution in [0, 0.1) is 0 Å². The van der Waals surface area contributed by atoms with Gasteiger partial charge in [0.2, 0.25) is 0 Å². The first-order valence-electron chi connectivity index (χ1n) is 10.7. The van der Waals surface area contributed by atoms with Crippen molar-refractivity contribution in [3.8, 4) is 5.75 Å². The first-order chi connectivity index (χ1) is 16.3. The molecule has 5 rings (SSSR count). The van der Waals surface area contributed by atoms with E-state index in [-0.39, 0.29) is 12.1 Å². The van der Waals surface area contributed by atoms with E-state index in [1.54, 1.807) is 25.3 Å². The Morgan fingerprint density at radius 3 is 2.53 bits per heavy atom. The lowest BCUT2D eigenvalue weighted by Gasteiger charge is -2.36. The number of benzene rings is 3. The lowest BCUT2D eigenvalue weighted by atomic mass is 9.91. The number of aromatic amines is 1. The normalized spacial score (nSPS) is 15.9. The van der Waals surface area contributed by atoms with Crippen molar-refractivity contribution < 1.29 is 22.7 Å². The number of fused-ring (bicyclic) bond motifs is 3. The van der Waals surface area contributed by atoms with Gasteiger partial charge in [0.25, 0.3) is 5.91 Å². The van der Waals surface area contributed by atoms with Gasteiger partial charge in [-0.3, -0.25) is 4.79 Å². The van der Waals surface area contributed by atoms with E-state index in [1.807, 2.05) is 24.3 Å². The average Bonchev–Trinajstić information content (AvgIpc) is 3.20. The van der Waals surface area contributed by atoms with E-state index >= 15 is 0 Å². The maximum atomic E-state index is 13.7. The minimum Gasteiger partial charge on any atom is -0.497 e. The highest BCUT2D eigenvalue weighted by Crippen LogP contribution is 2.41. The molecule has 174 valence electrons. The van der Waals surface area contributed by atoms with E-state index in [9.17, 15) is 18.0 Å². The Hall–Kier alpha value is -3.45. The number of carbonyl (C=O) groups is 1. The summed E-state index contributed by atoms with van der Waals surface area (Å²) in [5.41, 5.74) is 2.09. The van der Waals surface area contributed by atoms with E-state index in [1.165, 1.54) is 23.1 Å². The first kappa shape index (κ1) is 22.3. The summed E-state index contributed by atoms with van der Waals surface area (Å²) in [6.45, 7) is 0.258. The van der Waals surface area contributed by atoms with Gasteiger partial charge in [-0.25, -0.2) is 0 Å². The standard InChI is InChI=1S/C26H20ClF3N2O2/c1-34-17-9-6-15(7-10-17)24-23-18(20-14-16(27)8-11-22(20)31-23)12-13-32(24)25(33)19-4-2-3-5-21(19)26(28,29)30/h2-11,14,24,31H,12-13H2,1H3. The molecule has 8 heteroatoms. The van der Waals surface area contributed by atoms with Crippen molar-refractivity contribution in [3.05, 3.63) is 99.7 Å². The van der Waals surface area contributed by atoms with Crippen LogP contribution >= 0.6 is 11.6 Å². The summed E-state index contributed by atoms with van der Waals surface area (Å²) in [7, 11) is 1.55. The Bertz CT molecular complexity index is 1380. The second-order valence-corrected chi connectivity index (χ2v) is 8.61. The maximum Gasteiger partial charge on any atom is 0.417 e. The molecule has 0 spiro atoms. The topological polar surface area (TPSA) is 45.3 Å². The molecule has 0 saturated carbocycles. The van der Waals surface area contributed by atoms with Crippen LogP contribution in [0.4, 0.5) is 13.2 Å². The number of rotatable bonds is 3. The fourth-order valence-corrected chi connectivity index (χ4v) is 4.86. The Morgan fingerprint density at radius 1 is 1.09 bits per heavy atom. The van der Waals surface area contributed by atoms with Gasteiger partial charge in [-0.05, 0) is 60.0 Å². The van der Waals surface area contributed by atoms with Gasteiger partial charge in [-0.2, -0.15) is 13.2 Å². The number of amides is 1. The van der Waals surface area contributed by atoms with Crippen LogP contribution in [0.3, 0.4) is 0 Å². The highest BCUT2D eigenvalue weighted by atomic mass is 35.5. The molecule has 0 bridgehead atoms. The minimum atomic E-state index is -4.64. The molecule has 1 amide bonds. The second-order valence-electron chi connectivity index (χ2n) is 8.17. The van der Waals surface area contributed by atoms with Crippen LogP contribution in [0.25, 0.3) is 10.9 Å². The van der Waals surface area contributed by atoms with Crippen LogP contribution in [0.5, 0.6) is 5.75 Å². The van der Waals surface area contributed by atoms with Crippen LogP contribution in [-0.2, 0) is 12.6 Å². The van der Waals surface area contributed by atoms with Crippen LogP contribution in [0.1, 0.15) is 38.8 Å². The smallest absolute Gasteiger partial charge is 0.417 e. The van der Waals surface area contributed by atoms with Crippen LogP contribution < -0.4 is 4.74 Å². The SMILES string of the molecule is COc1ccc(C2c3[nH]c4ccc(Cl)cc4c3CCN2C(=O)c2ccccc2C(F)(F)F)cc1. The number of carbonyl (C=O) groups excluding carboxylic acids is 1. The third kappa shape index (κ3) is 3.80. The molecule has 4 nitrogen and oxygen atoms in total. The average molecular weight is 485 g/mol. The van der Waals surface area contributed by atoms with Crippen LogP contribution in [-0.4, -0.2) is 29.4 Å². The zero-order chi connectivity index (χ0) is 24.0. The molecule has 1 atom stereocenters. The van der Waals surface area contributed by atoms with Crippen molar-refractivity contribution >= 4 is 28.4 Å². The Balaban J connectivity index is 1.67. The lowest BCUT2D eigenvalue weighted by molar-refractivity contribution is -0.138. The Labute approximate surface area is 198 Å². The number of H-pyrrole nitrogens is 1. The van der Waals surface area contributed by atoms with E-state index in [0.717, 1.165) is 33.8 Å². The molecule has 0 aliphatic carbocycles. The predicted molar refractivity (Wildman–Crippen MR) is 124 cm³/mol. The van der Waals surface area contributed by atoms with Gasteiger partial charge in [0.05, 0.1) is 24.3 Å². The monoisotopic (exact) mass is 484 g/mol. The summed E-state index contributed by atoms with van der Waals surface area (Å²) >= 11 is 6.23. The number of aromatic nitrogens is 1. The number of ether oxygens (including phenoxy) is 1. The van der Waals surface area contributed by atoms with Crippen molar-refractivity contribution in [2.24, 2.45) is 0 Å². The molecule has 4 aromatic rings. The molecule has 2 heterocycles. The van der Waals surface area contributed by atoms with Crippen LogP contribution in [0.15, 0.2) is 66.7 Å². The molecule has 1 aliphatic rings. The Morgan fingerprint density at radius 2 is 1.82 bits per heavy atom. The molecular weight excluding hydrogens is 465 g/mol. The van der Waals surface area contributed by atoms with Gasteiger partial charge in [0, 0.05) is 28.2 Å². The van der Waals surface area contributed by atoms with E-state index in [2.05, 4.69) is 4.98 Å². The molecule has 0 fully saturated rings. The highest BCUT2D eigenvalue weighted by Gasteiger charge is 2.40. The number of hydrogen-bond acceptors (Lipinski definition) is 2. The zero-order valence-electron chi connectivity index (χ0n) is 18.1. The van der Waals surface area contributed by atoms with Crippen molar-refractivity contribution in [2.45, 2.75) is 18.6 Å². The fraction of sp³-hybridized carbons (Fsp3) is 0.192. The van der Waals surface area contributed by atoms with Gasteiger partial charge < -0.3 is 14.6 Å². The summed E-state index contributed by atoms with van der Waals surface area (Å²) in [4.78, 5) is 18.5. The van der Waals surface area contributed by atoms with E-state index in [4.69, 9.17) is 16.3 Å². The largest absolute Gasteiger partial charge is 0.497 e. The third-order valence-electron chi connectivity index (χ3n) is 6.24. The van der Waals surface area contributed by atoms with Crippen molar-refractivity contribution in [1.82, 2.24) is 9.88 Å². The summed E-state index contributed by atoms with van der Waals surface area (Å²) in [5.74, 6) is -0.0282. The number of nitrogens with one attached hydrogen (secondary N) is 1. The van der Waals surface area contributed by atoms with Gasteiger partial charge in [0.15, 0.2) is 0 Å². The number of alkyl halides is 3. The molecule has 1 aromatic heterocycles. The van der Waals surface area contributed by atoms with Crippen molar-refractivity contribution in [3.63, 3.8) is 0 Å². The van der Waals surface area contributed by atoms with Gasteiger partial charge >= 0.3 is 6.18 Å². The molecule has 0 radical (unpaired) electrons. The zero-order valence-corrected chi connectivity index (χ0v) is 18.9. The number of hydrogen-bond donors (Lipinski definition) is 1. The number of nitrogens with zero attached hydrogens (tertiary/aromatic N) is 1. The van der Waals surface area contributed by atoms with Gasteiger partial charge in [0.1, 0.15) is 5.75 Å². The highest BCUT2D eigenvalue weighted by molar-refractivity contribution is 6.31. The second kappa shape index (κ2) is 8.40. The summed E-state index contributed by atoms with van der Waals surface area (Å²) in [5, 5.41) is 1.54. The van der Waals surface area contributed by atoms with Gasteiger partial charge in [-0.1, -0.05) is 35.9 Å². The van der Waals surface area contributed by atoms with Crippen molar-refractivity contribution in [2.75, 3.05) is 13.7 Å². The molecule has 0 saturated heterocycles. The summed E-state index contributed by atoms with van der Waals surface area (Å²) in [6, 6.07) is 17.0. The number of methoxy groups -OCH3 is 1. The molecule has 1 N–H and O–H groups in total. The van der Waals surface area contributed by atoms with Gasteiger partial charge in [-0.15, -0.1) is 0 Å².